The molecule has 0 radical (unpaired) electrons. The molecule has 2 N–H and O–H groups in total. The van der Waals surface area contributed by atoms with Gasteiger partial charge in [-0.25, -0.2) is 0 Å². The van der Waals surface area contributed by atoms with Gasteiger partial charge in [-0.05, 0) is 75.0 Å². The number of hydrogen-bond acceptors (Lipinski definition) is 2. The molecular formula is C20H36O2. The van der Waals surface area contributed by atoms with E-state index in [9.17, 15) is 5.11 Å². The van der Waals surface area contributed by atoms with E-state index in [1.807, 2.05) is 6.08 Å². The minimum absolute atomic E-state index is 0.125. The second-order valence-electron chi connectivity index (χ2n) is 9.12. The summed E-state index contributed by atoms with van der Waals surface area (Å²) in [5.74, 6) is 1.08. The highest BCUT2D eigenvalue weighted by molar-refractivity contribution is 5.09. The van der Waals surface area contributed by atoms with Gasteiger partial charge in [-0.1, -0.05) is 38.8 Å². The Labute approximate surface area is 137 Å². The average Bonchev–Trinajstić information content (AvgIpc) is 2.36. The van der Waals surface area contributed by atoms with Crippen molar-refractivity contribution in [3.8, 4) is 0 Å². The Balaban J connectivity index is 2.24. The Morgan fingerprint density at radius 3 is 2.45 bits per heavy atom. The molecule has 22 heavy (non-hydrogen) atoms. The molecule has 0 aliphatic heterocycles. The molecule has 0 bridgehead atoms. The van der Waals surface area contributed by atoms with Gasteiger partial charge in [0, 0.05) is 0 Å². The Hall–Kier alpha value is -0.340. The number of rotatable bonds is 4. The van der Waals surface area contributed by atoms with Gasteiger partial charge in [-0.3, -0.25) is 0 Å². The van der Waals surface area contributed by atoms with Crippen LogP contribution in [0.1, 0.15) is 79.6 Å². The van der Waals surface area contributed by atoms with Crippen molar-refractivity contribution in [2.45, 2.75) is 85.2 Å². The van der Waals surface area contributed by atoms with Gasteiger partial charge in [0.1, 0.15) is 0 Å². The molecule has 128 valence electrons. The standard InChI is InChI=1S/C20H36O2/c1-15(10-14-21)7-8-17-19(4)12-6-11-18(2,3)16(19)9-13-20(17,5)22/h10,16-17,21-22H,6-9,11-14H2,1-5H3/b15-10+/t16-,17+,19+,20-/m0/s1. The maximum absolute atomic E-state index is 11.1. The van der Waals surface area contributed by atoms with Crippen molar-refractivity contribution >= 4 is 0 Å². The fourth-order valence-electron chi connectivity index (χ4n) is 5.90. The van der Waals surface area contributed by atoms with Crippen molar-refractivity contribution in [1.29, 1.82) is 0 Å². The molecule has 2 fully saturated rings. The van der Waals surface area contributed by atoms with Crippen LogP contribution in [0.5, 0.6) is 0 Å². The predicted molar refractivity (Wildman–Crippen MR) is 92.7 cm³/mol. The lowest BCUT2D eigenvalue weighted by atomic mass is 9.45. The molecule has 2 nitrogen and oxygen atoms in total. The highest BCUT2D eigenvalue weighted by Crippen LogP contribution is 2.62. The Kier molecular flexibility index (Phi) is 5.14. The van der Waals surface area contributed by atoms with Crippen molar-refractivity contribution in [2.75, 3.05) is 6.61 Å². The Morgan fingerprint density at radius 1 is 1.14 bits per heavy atom. The first-order valence-electron chi connectivity index (χ1n) is 9.12. The van der Waals surface area contributed by atoms with Crippen molar-refractivity contribution in [1.82, 2.24) is 0 Å². The zero-order valence-corrected chi connectivity index (χ0v) is 15.3. The SMILES string of the molecule is C/C(=C\CO)CC[C@@H]1[C@]2(C)CCCC(C)(C)[C@@H]2CC[C@]1(C)O. The number of aliphatic hydroxyl groups is 2. The third kappa shape index (κ3) is 3.28. The first kappa shape index (κ1) is 18.0. The van der Waals surface area contributed by atoms with E-state index in [2.05, 4.69) is 34.6 Å². The van der Waals surface area contributed by atoms with E-state index in [1.165, 1.54) is 31.3 Å². The summed E-state index contributed by atoms with van der Waals surface area (Å²) in [6.45, 7) is 11.6. The van der Waals surface area contributed by atoms with Crippen LogP contribution in [-0.4, -0.2) is 22.4 Å². The lowest BCUT2D eigenvalue weighted by molar-refractivity contribution is -0.168. The van der Waals surface area contributed by atoms with Crippen LogP contribution < -0.4 is 0 Å². The molecule has 0 spiro atoms. The van der Waals surface area contributed by atoms with Crippen LogP contribution >= 0.6 is 0 Å². The number of hydrogen-bond donors (Lipinski definition) is 2. The van der Waals surface area contributed by atoms with E-state index in [0.29, 0.717) is 11.3 Å². The van der Waals surface area contributed by atoms with Crippen LogP contribution in [0.4, 0.5) is 0 Å². The minimum Gasteiger partial charge on any atom is -0.392 e. The zero-order valence-electron chi connectivity index (χ0n) is 15.3. The summed E-state index contributed by atoms with van der Waals surface area (Å²) in [5.41, 5.74) is 1.36. The van der Waals surface area contributed by atoms with Gasteiger partial charge in [0.05, 0.1) is 12.2 Å². The van der Waals surface area contributed by atoms with Gasteiger partial charge in [0.15, 0.2) is 0 Å². The lowest BCUT2D eigenvalue weighted by Crippen LogP contribution is -2.57. The molecule has 2 heteroatoms. The molecule has 0 aromatic carbocycles. The maximum atomic E-state index is 11.1. The number of allylic oxidation sites excluding steroid dienone is 1. The first-order valence-corrected chi connectivity index (χ1v) is 9.12. The third-order valence-electron chi connectivity index (χ3n) is 7.03. The monoisotopic (exact) mass is 308 g/mol. The molecular weight excluding hydrogens is 272 g/mol. The van der Waals surface area contributed by atoms with Gasteiger partial charge in [0.2, 0.25) is 0 Å². The van der Waals surface area contributed by atoms with Gasteiger partial charge in [-0.2, -0.15) is 0 Å². The van der Waals surface area contributed by atoms with E-state index < -0.39 is 5.60 Å². The van der Waals surface area contributed by atoms with Crippen molar-refractivity contribution in [3.63, 3.8) is 0 Å². The van der Waals surface area contributed by atoms with Crippen molar-refractivity contribution in [2.24, 2.45) is 22.7 Å². The smallest absolute Gasteiger partial charge is 0.0653 e. The summed E-state index contributed by atoms with van der Waals surface area (Å²) in [5, 5.41) is 20.1. The van der Waals surface area contributed by atoms with E-state index in [1.54, 1.807) is 0 Å². The van der Waals surface area contributed by atoms with Crippen LogP contribution in [0.25, 0.3) is 0 Å². The topological polar surface area (TPSA) is 40.5 Å². The summed E-state index contributed by atoms with van der Waals surface area (Å²) in [6, 6.07) is 0. The third-order valence-corrected chi connectivity index (χ3v) is 7.03. The van der Waals surface area contributed by atoms with Crippen LogP contribution in [-0.2, 0) is 0 Å². The molecule has 2 aliphatic rings. The summed E-state index contributed by atoms with van der Waals surface area (Å²) >= 11 is 0. The summed E-state index contributed by atoms with van der Waals surface area (Å²) < 4.78 is 0. The van der Waals surface area contributed by atoms with Gasteiger partial charge in [0.25, 0.3) is 0 Å². The van der Waals surface area contributed by atoms with Gasteiger partial charge in [-0.15, -0.1) is 0 Å². The molecule has 0 aromatic heterocycles. The molecule has 0 aromatic rings. The Bertz CT molecular complexity index is 421. The highest BCUT2D eigenvalue weighted by Gasteiger charge is 2.57. The largest absolute Gasteiger partial charge is 0.392 e. The predicted octanol–water partition coefficient (Wildman–Crippen LogP) is 4.70. The average molecular weight is 309 g/mol. The number of fused-ring (bicyclic) bond motifs is 1. The van der Waals surface area contributed by atoms with Gasteiger partial charge >= 0.3 is 0 Å². The van der Waals surface area contributed by atoms with E-state index >= 15 is 0 Å². The molecule has 0 heterocycles. The quantitative estimate of drug-likeness (QED) is 0.739. The highest BCUT2D eigenvalue weighted by atomic mass is 16.3. The molecule has 2 rings (SSSR count). The van der Waals surface area contributed by atoms with E-state index in [4.69, 9.17) is 5.11 Å². The maximum Gasteiger partial charge on any atom is 0.0653 e. The summed E-state index contributed by atoms with van der Waals surface area (Å²) in [6.07, 6.45) is 9.90. The molecule has 2 aliphatic carbocycles. The molecule has 0 unspecified atom stereocenters. The minimum atomic E-state index is -0.543. The zero-order chi connectivity index (χ0) is 16.6. The van der Waals surface area contributed by atoms with Crippen LogP contribution in [0.15, 0.2) is 11.6 Å². The van der Waals surface area contributed by atoms with E-state index in [-0.39, 0.29) is 12.0 Å². The Morgan fingerprint density at radius 2 is 1.82 bits per heavy atom. The molecule has 0 saturated heterocycles. The first-order chi connectivity index (χ1) is 10.1. The van der Waals surface area contributed by atoms with Crippen molar-refractivity contribution in [3.05, 3.63) is 11.6 Å². The van der Waals surface area contributed by atoms with Gasteiger partial charge < -0.3 is 10.2 Å². The fraction of sp³-hybridized carbons (Fsp3) is 0.900. The lowest BCUT2D eigenvalue weighted by Gasteiger charge is -2.61. The fourth-order valence-corrected chi connectivity index (χ4v) is 5.90. The van der Waals surface area contributed by atoms with Crippen molar-refractivity contribution < 1.29 is 10.2 Å². The second-order valence-corrected chi connectivity index (χ2v) is 9.12. The van der Waals surface area contributed by atoms with Crippen LogP contribution in [0.3, 0.4) is 0 Å². The van der Waals surface area contributed by atoms with Crippen LogP contribution in [0.2, 0.25) is 0 Å². The van der Waals surface area contributed by atoms with Crippen LogP contribution in [0, 0.1) is 22.7 Å². The normalized spacial score (nSPS) is 42.0. The molecule has 2 saturated carbocycles. The van der Waals surface area contributed by atoms with E-state index in [0.717, 1.165) is 25.2 Å². The second kappa shape index (κ2) is 6.28. The summed E-state index contributed by atoms with van der Waals surface area (Å²) in [4.78, 5) is 0. The summed E-state index contributed by atoms with van der Waals surface area (Å²) in [7, 11) is 0. The molecule has 4 atom stereocenters. The molecule has 0 amide bonds. The number of aliphatic hydroxyl groups excluding tert-OH is 1.